The van der Waals surface area contributed by atoms with Crippen LogP contribution in [0.3, 0.4) is 0 Å². The predicted octanol–water partition coefficient (Wildman–Crippen LogP) is 0.347. The maximum Gasteiger partial charge on any atom is 1.00 e. The highest BCUT2D eigenvalue weighted by Gasteiger charge is 2.67. The molecule has 0 aromatic rings. The maximum absolute atomic E-state index is 12.6. The number of halogens is 2. The molecule has 51 heavy (non-hydrogen) atoms. The van der Waals surface area contributed by atoms with Crippen molar-refractivity contribution in [3.05, 3.63) is 24.3 Å². The molecule has 0 spiro atoms. The quantitative estimate of drug-likeness (QED) is 0.129. The molecular formula is C31H35Cl2O16S2+. The number of carboxylic acid groups (broad SMARTS) is 1. The Hall–Kier alpha value is -2.16. The number of aliphatic hydroxyl groups excluding tert-OH is 1. The van der Waals surface area contributed by atoms with Gasteiger partial charge in [0, 0.05) is 17.8 Å². The topological polar surface area (TPSA) is 232 Å². The average Bonchev–Trinajstić information content (AvgIpc) is 3.92. The van der Waals surface area contributed by atoms with Gasteiger partial charge in [0.1, 0.15) is 42.0 Å². The predicted molar refractivity (Wildman–Crippen MR) is 169 cm³/mol. The first-order valence-corrected chi connectivity index (χ1v) is 20.7. The van der Waals surface area contributed by atoms with Crippen molar-refractivity contribution < 1.29 is 75.0 Å². The van der Waals surface area contributed by atoms with Gasteiger partial charge in [0.25, 0.3) is 20.2 Å². The SMILES string of the molecule is ClCCl.O=C(O)C1C2C=CC(O2)C1C(=O)OC1C2CC3C1OS(=O)(=O)C3C2.O=C1OC(=O)C2C3C=CC(O3)C12.O=S1(=O)OC2C(O)C3CC2C1C3.[H+]. The second-order valence-corrected chi connectivity index (χ2v) is 18.9. The van der Waals surface area contributed by atoms with Gasteiger partial charge in [-0.15, -0.1) is 23.2 Å². The zero-order valence-corrected chi connectivity index (χ0v) is 29.6. The van der Waals surface area contributed by atoms with E-state index in [0.29, 0.717) is 19.3 Å². The van der Waals surface area contributed by atoms with E-state index in [0.717, 1.165) is 6.42 Å². The van der Waals surface area contributed by atoms with Crippen LogP contribution < -0.4 is 0 Å². The Morgan fingerprint density at radius 1 is 0.765 bits per heavy atom. The third-order valence-electron chi connectivity index (χ3n) is 12.2. The molecule has 4 aliphatic carbocycles. The zero-order chi connectivity index (χ0) is 36.3. The summed E-state index contributed by atoms with van der Waals surface area (Å²) in [5.41, 5.74) is 0. The number of hydrogen-bond donors (Lipinski definition) is 2. The number of esters is 3. The average molecular weight is 799 g/mol. The van der Waals surface area contributed by atoms with Gasteiger partial charge < -0.3 is 29.2 Å². The lowest BCUT2D eigenvalue weighted by molar-refractivity contribution is -0.166. The summed E-state index contributed by atoms with van der Waals surface area (Å²) in [4.78, 5) is 46.3. The molecule has 11 aliphatic rings. The molecule has 7 aliphatic heterocycles. The first-order chi connectivity index (χ1) is 24.1. The molecular weight excluding hydrogens is 763 g/mol. The van der Waals surface area contributed by atoms with E-state index in [2.05, 4.69) is 4.74 Å². The van der Waals surface area contributed by atoms with Crippen molar-refractivity contribution in [1.82, 2.24) is 0 Å². The molecule has 18 atom stereocenters. The molecule has 16 nitrogen and oxygen atoms in total. The summed E-state index contributed by atoms with van der Waals surface area (Å²) in [5, 5.41) is 18.3. The Bertz CT molecular complexity index is 1780. The molecule has 11 rings (SSSR count). The molecule has 18 unspecified atom stereocenters. The number of rotatable bonds is 3. The zero-order valence-electron chi connectivity index (χ0n) is 27.4. The number of aliphatic hydroxyl groups is 1. The molecule has 20 heteroatoms. The minimum atomic E-state index is -3.57. The molecule has 0 aromatic carbocycles. The standard InChI is InChI=1S/C15H16O8S.C8H6O4.C7H10O4S.CH2Cl2/c16-14(17)10-7-1-2-8(21-7)11(10)15(18)22-12-5-3-6-9(4-5)24(19,20)23-13(6)12;9-7-5-3-1-2-4(11-3)6(5)8(10)12-7;8-6-3-1-4-5(2-3)12(9,10)11-7(4)6;2-1-3/h1-2,5-13H,3-4H2,(H,16,17);1-6H;3-8H,1-2H2;1H2/p+1. The van der Waals surface area contributed by atoms with Crippen molar-refractivity contribution in [2.24, 2.45) is 47.3 Å². The first-order valence-electron chi connectivity index (χ1n) is 16.7. The second kappa shape index (κ2) is 12.7. The van der Waals surface area contributed by atoms with Crippen LogP contribution in [0.2, 0.25) is 0 Å². The largest absolute Gasteiger partial charge is 1.00 e. The molecule has 0 aromatic heterocycles. The van der Waals surface area contributed by atoms with E-state index in [9.17, 15) is 46.2 Å². The van der Waals surface area contributed by atoms with Crippen LogP contribution in [0.1, 0.15) is 27.1 Å². The van der Waals surface area contributed by atoms with Gasteiger partial charge in [-0.3, -0.25) is 27.5 Å². The van der Waals surface area contributed by atoms with E-state index in [1.807, 2.05) is 12.2 Å². The van der Waals surface area contributed by atoms with Gasteiger partial charge in [0.2, 0.25) is 0 Å². The number of carbonyl (C=O) groups excluding carboxylic acids is 3. The fourth-order valence-corrected chi connectivity index (χ4v) is 13.9. The van der Waals surface area contributed by atoms with Gasteiger partial charge in [-0.25, -0.2) is 0 Å². The van der Waals surface area contributed by atoms with E-state index in [1.54, 1.807) is 12.2 Å². The smallest absolute Gasteiger partial charge is 0.481 e. The highest BCUT2D eigenvalue weighted by molar-refractivity contribution is 7.88. The van der Waals surface area contributed by atoms with E-state index >= 15 is 0 Å². The van der Waals surface area contributed by atoms with Gasteiger partial charge in [-0.1, -0.05) is 24.3 Å². The van der Waals surface area contributed by atoms with Crippen LogP contribution in [-0.4, -0.2) is 116 Å². The van der Waals surface area contributed by atoms with Crippen LogP contribution >= 0.6 is 23.2 Å². The van der Waals surface area contributed by atoms with E-state index in [1.165, 1.54) is 0 Å². The molecule has 0 radical (unpaired) electrons. The fourth-order valence-electron chi connectivity index (χ4n) is 10.1. The lowest BCUT2D eigenvalue weighted by Crippen LogP contribution is -2.43. The van der Waals surface area contributed by atoms with Crippen LogP contribution in [0, 0.1) is 47.3 Å². The monoisotopic (exact) mass is 797 g/mol. The van der Waals surface area contributed by atoms with E-state index < -0.39 is 97.8 Å². The summed E-state index contributed by atoms with van der Waals surface area (Å²) in [7, 11) is -6.90. The van der Waals surface area contributed by atoms with Crippen LogP contribution in [0.25, 0.3) is 0 Å². The number of ether oxygens (including phenoxy) is 4. The van der Waals surface area contributed by atoms with Gasteiger partial charge in [0.15, 0.2) is 0 Å². The lowest BCUT2D eigenvalue weighted by Gasteiger charge is -2.28. The number of carbonyl (C=O) groups is 4. The van der Waals surface area contributed by atoms with E-state index in [-0.39, 0.29) is 59.7 Å². The van der Waals surface area contributed by atoms with Crippen molar-refractivity contribution in [3.8, 4) is 0 Å². The normalized spacial score (nSPS) is 50.3. The minimum absolute atomic E-state index is 0. The van der Waals surface area contributed by atoms with Crippen LogP contribution in [0.15, 0.2) is 24.3 Å². The van der Waals surface area contributed by atoms with Crippen LogP contribution in [0.4, 0.5) is 0 Å². The van der Waals surface area contributed by atoms with Crippen molar-refractivity contribution >= 4 is 67.3 Å². The third-order valence-corrected chi connectivity index (χ3v) is 15.8. The molecule has 0 amide bonds. The summed E-state index contributed by atoms with van der Waals surface area (Å²) in [6, 6.07) is 0. The van der Waals surface area contributed by atoms with Crippen molar-refractivity contribution in [2.45, 2.75) is 85.0 Å². The minimum Gasteiger partial charge on any atom is -0.481 e. The summed E-state index contributed by atoms with van der Waals surface area (Å²) in [5.74, 6) is -5.10. The third kappa shape index (κ3) is 5.61. The highest BCUT2D eigenvalue weighted by Crippen LogP contribution is 2.56. The molecule has 2 N–H and O–H groups in total. The number of cyclic esters (lactones) is 2. The Morgan fingerprint density at radius 2 is 1.24 bits per heavy atom. The molecule has 9 fully saturated rings. The molecule has 280 valence electrons. The van der Waals surface area contributed by atoms with Crippen molar-refractivity contribution in [2.75, 3.05) is 5.34 Å². The molecule has 8 bridgehead atoms. The number of alkyl halides is 2. The number of fused-ring (bicyclic) bond motifs is 9. The molecule has 5 saturated heterocycles. The van der Waals surface area contributed by atoms with Gasteiger partial charge in [0.05, 0.1) is 46.4 Å². The fraction of sp³-hybridized carbons (Fsp3) is 0.742. The van der Waals surface area contributed by atoms with Gasteiger partial charge in [-0.05, 0) is 31.6 Å². The summed E-state index contributed by atoms with van der Waals surface area (Å²) >= 11 is 9.53. The number of carboxylic acids is 1. The molecule has 4 saturated carbocycles. The number of hydrogen-bond acceptors (Lipinski definition) is 15. The Kier molecular flexibility index (Phi) is 8.94. The Morgan fingerprint density at radius 3 is 1.78 bits per heavy atom. The summed E-state index contributed by atoms with van der Waals surface area (Å²) < 4.78 is 77.4. The highest BCUT2D eigenvalue weighted by atomic mass is 35.5. The second-order valence-electron chi connectivity index (χ2n) is 14.5. The van der Waals surface area contributed by atoms with Gasteiger partial charge in [-0.2, -0.15) is 16.8 Å². The van der Waals surface area contributed by atoms with Crippen molar-refractivity contribution in [1.29, 1.82) is 0 Å². The summed E-state index contributed by atoms with van der Waals surface area (Å²) in [6.45, 7) is 0. The van der Waals surface area contributed by atoms with Crippen molar-refractivity contribution in [3.63, 3.8) is 0 Å². The van der Waals surface area contributed by atoms with Crippen LogP contribution in [0.5, 0.6) is 0 Å². The van der Waals surface area contributed by atoms with E-state index in [4.69, 9.17) is 45.8 Å². The number of aliphatic carboxylic acids is 1. The summed E-state index contributed by atoms with van der Waals surface area (Å²) in [6.07, 6.45) is 5.68. The Labute approximate surface area is 303 Å². The van der Waals surface area contributed by atoms with Gasteiger partial charge >= 0.3 is 25.3 Å². The maximum atomic E-state index is 12.6. The Balaban J connectivity index is 0.000000126. The lowest BCUT2D eigenvalue weighted by atomic mass is 9.83. The van der Waals surface area contributed by atoms with Crippen LogP contribution in [-0.2, 0) is 66.7 Å². The first kappa shape index (κ1) is 35.8. The molecule has 7 heterocycles.